The number of aromatic nitrogens is 2. The van der Waals surface area contributed by atoms with Crippen molar-refractivity contribution in [1.82, 2.24) is 14.5 Å². The quantitative estimate of drug-likeness (QED) is 0.516. The van der Waals surface area contributed by atoms with Crippen LogP contribution in [0.15, 0.2) is 65.6 Å². The molecule has 1 N–H and O–H groups in total. The van der Waals surface area contributed by atoms with Crippen molar-refractivity contribution in [3.63, 3.8) is 0 Å². The Kier molecular flexibility index (Phi) is 5.60. The van der Waals surface area contributed by atoms with Gasteiger partial charge in [-0.2, -0.15) is 0 Å². The van der Waals surface area contributed by atoms with Crippen molar-refractivity contribution in [3.05, 3.63) is 88.0 Å². The smallest absolute Gasteiger partial charge is 0.255 e. The molecule has 0 atom stereocenters. The van der Waals surface area contributed by atoms with Crippen molar-refractivity contribution in [2.24, 2.45) is 7.05 Å². The van der Waals surface area contributed by atoms with E-state index in [-0.39, 0.29) is 5.56 Å². The van der Waals surface area contributed by atoms with E-state index in [0.29, 0.717) is 0 Å². The van der Waals surface area contributed by atoms with Crippen molar-refractivity contribution in [2.75, 3.05) is 6.54 Å². The number of pyridine rings is 1. The molecule has 0 aliphatic carbocycles. The first-order valence-corrected chi connectivity index (χ1v) is 10.7. The molecule has 0 saturated carbocycles. The van der Waals surface area contributed by atoms with Gasteiger partial charge in [-0.25, -0.2) is 0 Å². The molecule has 154 valence electrons. The summed E-state index contributed by atoms with van der Waals surface area (Å²) in [6, 6.07) is 18.3. The molecule has 3 heterocycles. The Balaban J connectivity index is 0.00000106. The average molecular weight is 400 g/mol. The molecule has 0 bridgehead atoms. The molecule has 5 rings (SSSR count). The molecule has 4 heteroatoms. The van der Waals surface area contributed by atoms with E-state index in [1.165, 1.54) is 27.7 Å². The third-order valence-electron chi connectivity index (χ3n) is 5.85. The molecule has 0 fully saturated rings. The molecule has 30 heavy (non-hydrogen) atoms. The molecule has 2 aromatic heterocycles. The molecule has 4 aromatic rings. The Labute approximate surface area is 177 Å². The maximum Gasteiger partial charge on any atom is 0.255 e. The minimum absolute atomic E-state index is 0.0157. The standard InChI is InChI=1S/C24H23N3O.C2H6/c1-16-3-5-17(6-4-16)18-10-12-27(24(28)13-18)19-7-8-20-21-9-11-25-15-23(21)26(2)22(20)14-19;1-2/h3-8,10,12-14,25H,9,11,15H2,1-2H3;1-2H3. The Hall–Kier alpha value is -3.11. The normalized spacial score (nSPS) is 12.9. The van der Waals surface area contributed by atoms with E-state index in [9.17, 15) is 4.79 Å². The van der Waals surface area contributed by atoms with Crippen LogP contribution in [0.25, 0.3) is 27.7 Å². The highest BCUT2D eigenvalue weighted by atomic mass is 16.1. The van der Waals surface area contributed by atoms with E-state index in [1.54, 1.807) is 10.6 Å². The van der Waals surface area contributed by atoms with Crippen molar-refractivity contribution in [1.29, 1.82) is 0 Å². The lowest BCUT2D eigenvalue weighted by Crippen LogP contribution is -2.24. The van der Waals surface area contributed by atoms with Gasteiger partial charge in [0.1, 0.15) is 0 Å². The lowest BCUT2D eigenvalue weighted by molar-refractivity contribution is 0.614. The maximum absolute atomic E-state index is 12.8. The Bertz CT molecular complexity index is 1250. The second-order valence-corrected chi connectivity index (χ2v) is 7.60. The predicted octanol–water partition coefficient (Wildman–Crippen LogP) is 4.98. The highest BCUT2D eigenvalue weighted by molar-refractivity contribution is 5.87. The van der Waals surface area contributed by atoms with Crippen LogP contribution in [0.5, 0.6) is 0 Å². The van der Waals surface area contributed by atoms with Crippen LogP contribution >= 0.6 is 0 Å². The van der Waals surface area contributed by atoms with Crippen molar-refractivity contribution >= 4 is 10.9 Å². The van der Waals surface area contributed by atoms with E-state index in [4.69, 9.17) is 0 Å². The van der Waals surface area contributed by atoms with Crippen molar-refractivity contribution in [3.8, 4) is 16.8 Å². The minimum Gasteiger partial charge on any atom is -0.346 e. The van der Waals surface area contributed by atoms with Gasteiger partial charge >= 0.3 is 0 Å². The number of rotatable bonds is 2. The fourth-order valence-corrected chi connectivity index (χ4v) is 4.25. The molecule has 1 aliphatic rings. The first-order chi connectivity index (χ1) is 14.6. The van der Waals surface area contributed by atoms with Gasteiger partial charge in [-0.05, 0) is 54.8 Å². The van der Waals surface area contributed by atoms with Crippen LogP contribution in [0, 0.1) is 6.92 Å². The maximum atomic E-state index is 12.8. The summed E-state index contributed by atoms with van der Waals surface area (Å²) in [4.78, 5) is 12.8. The Morgan fingerprint density at radius 2 is 1.70 bits per heavy atom. The lowest BCUT2D eigenvalue weighted by Gasteiger charge is -2.14. The molecule has 0 spiro atoms. The highest BCUT2D eigenvalue weighted by Gasteiger charge is 2.18. The summed E-state index contributed by atoms with van der Waals surface area (Å²) in [5.41, 5.74) is 8.07. The first-order valence-electron chi connectivity index (χ1n) is 10.7. The third-order valence-corrected chi connectivity index (χ3v) is 5.85. The molecule has 2 aromatic carbocycles. The lowest BCUT2D eigenvalue weighted by atomic mass is 10.0. The number of aryl methyl sites for hydroxylation is 2. The van der Waals surface area contributed by atoms with Gasteiger partial charge in [0.15, 0.2) is 0 Å². The second-order valence-electron chi connectivity index (χ2n) is 7.60. The average Bonchev–Trinajstić information content (AvgIpc) is 3.07. The van der Waals surface area contributed by atoms with Crippen LogP contribution in [-0.2, 0) is 20.0 Å². The second kappa shape index (κ2) is 8.33. The fourth-order valence-electron chi connectivity index (χ4n) is 4.25. The van der Waals surface area contributed by atoms with Crippen LogP contribution < -0.4 is 10.9 Å². The van der Waals surface area contributed by atoms with Gasteiger partial charge in [0.25, 0.3) is 5.56 Å². The van der Waals surface area contributed by atoms with Crippen molar-refractivity contribution in [2.45, 2.75) is 33.7 Å². The SMILES string of the molecule is CC.Cc1ccc(-c2ccn(-c3ccc4c5c(n(C)c4c3)CNCC5)c(=O)c2)cc1. The van der Waals surface area contributed by atoms with Gasteiger partial charge in [-0.3, -0.25) is 9.36 Å². The van der Waals surface area contributed by atoms with Gasteiger partial charge in [0.2, 0.25) is 0 Å². The fraction of sp³-hybridized carbons (Fsp3) is 0.269. The summed E-state index contributed by atoms with van der Waals surface area (Å²) < 4.78 is 3.98. The van der Waals surface area contributed by atoms with Gasteiger partial charge in [-0.15, -0.1) is 0 Å². The monoisotopic (exact) mass is 399 g/mol. The van der Waals surface area contributed by atoms with E-state index in [0.717, 1.165) is 36.3 Å². The first kappa shape index (κ1) is 20.2. The largest absolute Gasteiger partial charge is 0.346 e. The topological polar surface area (TPSA) is 39.0 Å². The zero-order valence-electron chi connectivity index (χ0n) is 18.2. The van der Waals surface area contributed by atoms with E-state index < -0.39 is 0 Å². The van der Waals surface area contributed by atoms with Crippen LogP contribution in [0.2, 0.25) is 0 Å². The summed E-state index contributed by atoms with van der Waals surface area (Å²) in [5, 5.41) is 4.75. The molecular weight excluding hydrogens is 370 g/mol. The number of benzene rings is 2. The zero-order valence-corrected chi connectivity index (χ0v) is 18.2. The van der Waals surface area contributed by atoms with Gasteiger partial charge < -0.3 is 9.88 Å². The van der Waals surface area contributed by atoms with Crippen molar-refractivity contribution < 1.29 is 0 Å². The minimum atomic E-state index is -0.0157. The van der Waals surface area contributed by atoms with Gasteiger partial charge in [-0.1, -0.05) is 49.7 Å². The summed E-state index contributed by atoms with van der Waals surface area (Å²) >= 11 is 0. The molecule has 0 amide bonds. The van der Waals surface area contributed by atoms with Crippen LogP contribution in [0.4, 0.5) is 0 Å². The number of nitrogens with zero attached hydrogens (tertiary/aromatic N) is 2. The molecule has 1 aliphatic heterocycles. The number of nitrogens with one attached hydrogen (secondary N) is 1. The number of fused-ring (bicyclic) bond motifs is 3. The molecule has 4 nitrogen and oxygen atoms in total. The van der Waals surface area contributed by atoms with E-state index in [2.05, 4.69) is 66.3 Å². The molecular formula is C26H29N3O. The summed E-state index contributed by atoms with van der Waals surface area (Å²) in [7, 11) is 2.11. The van der Waals surface area contributed by atoms with E-state index in [1.807, 2.05) is 26.1 Å². The number of hydrogen-bond donors (Lipinski definition) is 1. The predicted molar refractivity (Wildman–Crippen MR) is 125 cm³/mol. The molecule has 0 saturated heterocycles. The summed E-state index contributed by atoms with van der Waals surface area (Å²) in [5.74, 6) is 0. The Morgan fingerprint density at radius 1 is 0.933 bits per heavy atom. The van der Waals surface area contributed by atoms with Gasteiger partial charge in [0.05, 0.1) is 11.2 Å². The summed E-state index contributed by atoms with van der Waals surface area (Å²) in [6.07, 6.45) is 2.93. The third kappa shape index (κ3) is 3.48. The van der Waals surface area contributed by atoms with Crippen LogP contribution in [-0.4, -0.2) is 15.7 Å². The van der Waals surface area contributed by atoms with E-state index >= 15 is 0 Å². The number of hydrogen-bond acceptors (Lipinski definition) is 2. The molecule has 0 unspecified atom stereocenters. The van der Waals surface area contributed by atoms with Gasteiger partial charge in [0, 0.05) is 36.9 Å². The zero-order chi connectivity index (χ0) is 21.3. The van der Waals surface area contributed by atoms with Crippen LogP contribution in [0.1, 0.15) is 30.7 Å². The van der Waals surface area contributed by atoms with Crippen LogP contribution in [0.3, 0.4) is 0 Å². The summed E-state index contributed by atoms with van der Waals surface area (Å²) in [6.45, 7) is 7.99. The Morgan fingerprint density at radius 3 is 2.43 bits per heavy atom. The highest BCUT2D eigenvalue weighted by Crippen LogP contribution is 2.29. The molecule has 0 radical (unpaired) electrons.